The van der Waals surface area contributed by atoms with Crippen molar-refractivity contribution in [2.75, 3.05) is 12.3 Å². The van der Waals surface area contributed by atoms with Gasteiger partial charge in [-0.05, 0) is 26.3 Å². The minimum Gasteiger partial charge on any atom is -0.462 e. The fourth-order valence-electron chi connectivity index (χ4n) is 2.63. The highest BCUT2D eigenvalue weighted by molar-refractivity contribution is 7.21. The van der Waals surface area contributed by atoms with Gasteiger partial charge in [-0.3, -0.25) is 0 Å². The van der Waals surface area contributed by atoms with Crippen LogP contribution in [0.1, 0.15) is 48.1 Å². The summed E-state index contributed by atoms with van der Waals surface area (Å²) in [5, 5.41) is 0.815. The summed E-state index contributed by atoms with van der Waals surface area (Å²) < 4.78 is 11.0. The number of esters is 1. The summed E-state index contributed by atoms with van der Waals surface area (Å²) in [4.78, 5) is 17.9. The van der Waals surface area contributed by atoms with Crippen molar-refractivity contribution in [3.63, 3.8) is 0 Å². The summed E-state index contributed by atoms with van der Waals surface area (Å²) in [5.41, 5.74) is 8.50. The first-order valence-corrected chi connectivity index (χ1v) is 8.31. The second-order valence-electron chi connectivity index (χ2n) is 5.78. The van der Waals surface area contributed by atoms with Crippen molar-refractivity contribution in [2.24, 2.45) is 0 Å². The Labute approximate surface area is 133 Å². The molecule has 1 aliphatic heterocycles. The zero-order valence-electron chi connectivity index (χ0n) is 13.1. The Kier molecular flexibility index (Phi) is 3.82. The van der Waals surface area contributed by atoms with Crippen molar-refractivity contribution in [3.05, 3.63) is 22.2 Å². The highest BCUT2D eigenvalue weighted by Gasteiger charge is 2.31. The average molecular weight is 320 g/mol. The third-order valence-electron chi connectivity index (χ3n) is 4.22. The molecule has 0 amide bonds. The van der Waals surface area contributed by atoms with E-state index in [4.69, 9.17) is 20.2 Å². The monoisotopic (exact) mass is 320 g/mol. The number of pyridine rings is 1. The van der Waals surface area contributed by atoms with E-state index in [2.05, 4.69) is 13.8 Å². The lowest BCUT2D eigenvalue weighted by Gasteiger charge is -2.33. The van der Waals surface area contributed by atoms with Gasteiger partial charge in [-0.2, -0.15) is 0 Å². The molecule has 2 aromatic rings. The van der Waals surface area contributed by atoms with Crippen molar-refractivity contribution in [1.29, 1.82) is 0 Å². The lowest BCUT2D eigenvalue weighted by molar-refractivity contribution is -0.0573. The van der Waals surface area contributed by atoms with Crippen LogP contribution in [0.25, 0.3) is 10.2 Å². The summed E-state index contributed by atoms with van der Waals surface area (Å²) in [6, 6.07) is 2.00. The Bertz CT molecular complexity index is 741. The number of fused-ring (bicyclic) bond motifs is 2. The van der Waals surface area contributed by atoms with Gasteiger partial charge in [0.2, 0.25) is 0 Å². The molecule has 0 saturated carbocycles. The summed E-state index contributed by atoms with van der Waals surface area (Å²) in [5.74, 6) is -0.379. The number of ether oxygens (including phenoxy) is 2. The van der Waals surface area contributed by atoms with Crippen LogP contribution in [0.4, 0.5) is 5.69 Å². The molecule has 2 aromatic heterocycles. The number of aromatic nitrogens is 1. The van der Waals surface area contributed by atoms with Gasteiger partial charge in [0.05, 0.1) is 30.2 Å². The van der Waals surface area contributed by atoms with Gasteiger partial charge in [0.1, 0.15) is 9.71 Å². The van der Waals surface area contributed by atoms with Crippen molar-refractivity contribution < 1.29 is 14.3 Å². The van der Waals surface area contributed by atoms with E-state index in [1.54, 1.807) is 6.92 Å². The van der Waals surface area contributed by atoms with E-state index in [1.807, 2.05) is 6.07 Å². The van der Waals surface area contributed by atoms with E-state index in [1.165, 1.54) is 11.3 Å². The Balaban J connectivity index is 2.06. The highest BCUT2D eigenvalue weighted by atomic mass is 32.1. The van der Waals surface area contributed by atoms with Crippen LogP contribution >= 0.6 is 11.3 Å². The lowest BCUT2D eigenvalue weighted by Crippen LogP contribution is -2.35. The number of carbonyl (C=O) groups is 1. The van der Waals surface area contributed by atoms with Gasteiger partial charge in [0.15, 0.2) is 0 Å². The maximum Gasteiger partial charge on any atom is 0.350 e. The van der Waals surface area contributed by atoms with Crippen LogP contribution < -0.4 is 5.73 Å². The molecule has 6 heteroatoms. The summed E-state index contributed by atoms with van der Waals surface area (Å²) in [6.07, 6.45) is 1.72. The fourth-order valence-corrected chi connectivity index (χ4v) is 3.62. The van der Waals surface area contributed by atoms with E-state index < -0.39 is 0 Å². The molecule has 5 nitrogen and oxygen atoms in total. The number of anilines is 1. The number of nitrogen functional groups attached to an aromatic ring is 1. The van der Waals surface area contributed by atoms with Crippen LogP contribution in [-0.2, 0) is 22.5 Å². The predicted octanol–water partition coefficient (Wildman–Crippen LogP) is 3.30. The lowest BCUT2D eigenvalue weighted by atomic mass is 9.91. The number of thiophene rings is 1. The first-order valence-electron chi connectivity index (χ1n) is 7.49. The fraction of sp³-hybridized carbons (Fsp3) is 0.500. The third-order valence-corrected chi connectivity index (χ3v) is 5.31. The molecule has 3 heterocycles. The molecular weight excluding hydrogens is 300 g/mol. The third kappa shape index (κ3) is 2.46. The number of carbonyl (C=O) groups excluding carboxylic acids is 1. The molecule has 0 fully saturated rings. The standard InChI is InChI=1S/C16H20N2O3S/c1-4-16(3)7-11-9(8-21-16)6-10-12(17)13(15(19)20-5-2)22-14(10)18-11/h6H,4-5,7-8,17H2,1-3H3/t16-/m1/s1. The van der Waals surface area contributed by atoms with Gasteiger partial charge in [-0.15, -0.1) is 11.3 Å². The Morgan fingerprint density at radius 3 is 3.00 bits per heavy atom. The quantitative estimate of drug-likeness (QED) is 0.878. The van der Waals surface area contributed by atoms with Gasteiger partial charge < -0.3 is 15.2 Å². The van der Waals surface area contributed by atoms with Crippen molar-refractivity contribution >= 4 is 33.2 Å². The predicted molar refractivity (Wildman–Crippen MR) is 87.2 cm³/mol. The first kappa shape index (κ1) is 15.2. The van der Waals surface area contributed by atoms with Gasteiger partial charge in [0.25, 0.3) is 0 Å². The summed E-state index contributed by atoms with van der Waals surface area (Å²) in [7, 11) is 0. The number of hydrogen-bond donors (Lipinski definition) is 1. The van der Waals surface area contributed by atoms with Crippen LogP contribution in [-0.4, -0.2) is 23.2 Å². The molecule has 2 N–H and O–H groups in total. The van der Waals surface area contributed by atoms with E-state index in [0.29, 0.717) is 23.8 Å². The van der Waals surface area contributed by atoms with Crippen LogP contribution in [0.2, 0.25) is 0 Å². The number of rotatable bonds is 3. The van der Waals surface area contributed by atoms with Gasteiger partial charge in [0, 0.05) is 17.4 Å². The number of nitrogens with two attached hydrogens (primary N) is 1. The maximum atomic E-state index is 12.0. The molecule has 0 aliphatic carbocycles. The van der Waals surface area contributed by atoms with Crippen LogP contribution in [0, 0.1) is 0 Å². The van der Waals surface area contributed by atoms with Crippen LogP contribution in [0.15, 0.2) is 6.07 Å². The molecule has 3 rings (SSSR count). The smallest absolute Gasteiger partial charge is 0.350 e. The van der Waals surface area contributed by atoms with E-state index >= 15 is 0 Å². The van der Waals surface area contributed by atoms with Crippen molar-refractivity contribution in [2.45, 2.75) is 45.8 Å². The normalized spacial score (nSPS) is 20.9. The average Bonchev–Trinajstić information content (AvgIpc) is 2.82. The molecule has 0 unspecified atom stereocenters. The Hall–Kier alpha value is -1.66. The second kappa shape index (κ2) is 5.52. The topological polar surface area (TPSA) is 74.4 Å². The SMILES string of the molecule is CCOC(=O)c1sc2nc3c(cc2c1N)CO[C@](C)(CC)C3. The van der Waals surface area contributed by atoms with Crippen LogP contribution in [0.5, 0.6) is 0 Å². The molecule has 0 spiro atoms. The van der Waals surface area contributed by atoms with Gasteiger partial charge >= 0.3 is 5.97 Å². The molecule has 0 bridgehead atoms. The summed E-state index contributed by atoms with van der Waals surface area (Å²) in [6.45, 7) is 6.87. The molecule has 0 aromatic carbocycles. The van der Waals surface area contributed by atoms with Gasteiger partial charge in [-0.1, -0.05) is 6.92 Å². The van der Waals surface area contributed by atoms with Gasteiger partial charge in [-0.25, -0.2) is 9.78 Å². The molecule has 22 heavy (non-hydrogen) atoms. The van der Waals surface area contributed by atoms with Crippen molar-refractivity contribution in [3.8, 4) is 0 Å². The number of hydrogen-bond acceptors (Lipinski definition) is 6. The minimum atomic E-state index is -0.379. The first-order chi connectivity index (χ1) is 10.5. The number of nitrogens with zero attached hydrogens (tertiary/aromatic N) is 1. The Morgan fingerprint density at radius 1 is 1.55 bits per heavy atom. The minimum absolute atomic E-state index is 0.166. The van der Waals surface area contributed by atoms with E-state index in [-0.39, 0.29) is 11.6 Å². The molecule has 0 saturated heterocycles. The van der Waals surface area contributed by atoms with E-state index in [9.17, 15) is 4.79 Å². The van der Waals surface area contributed by atoms with Crippen molar-refractivity contribution in [1.82, 2.24) is 4.98 Å². The van der Waals surface area contributed by atoms with Crippen LogP contribution in [0.3, 0.4) is 0 Å². The molecule has 1 atom stereocenters. The molecule has 1 aliphatic rings. The largest absolute Gasteiger partial charge is 0.462 e. The highest BCUT2D eigenvalue weighted by Crippen LogP contribution is 2.37. The van der Waals surface area contributed by atoms with E-state index in [0.717, 1.165) is 34.3 Å². The molecule has 118 valence electrons. The zero-order chi connectivity index (χ0) is 15.9. The molecular formula is C16H20N2O3S. The second-order valence-corrected chi connectivity index (χ2v) is 6.78. The summed E-state index contributed by atoms with van der Waals surface area (Å²) >= 11 is 1.30. The maximum absolute atomic E-state index is 12.0. The zero-order valence-corrected chi connectivity index (χ0v) is 13.9. The molecule has 0 radical (unpaired) electrons. The Morgan fingerprint density at radius 2 is 2.32 bits per heavy atom.